The highest BCUT2D eigenvalue weighted by molar-refractivity contribution is 5.08. The Morgan fingerprint density at radius 1 is 1.62 bits per heavy atom. The largest absolute Gasteiger partial charge is 0.0882 e. The number of hydrogen-bond acceptors (Lipinski definition) is 0. The molecule has 0 aromatic heterocycles. The van der Waals surface area contributed by atoms with Gasteiger partial charge < -0.3 is 0 Å². The Morgan fingerprint density at radius 3 is 2.62 bits per heavy atom. The minimum Gasteiger partial charge on any atom is -0.0882 e. The van der Waals surface area contributed by atoms with E-state index < -0.39 is 0 Å². The Labute approximate surface area is 51.6 Å². The first kappa shape index (κ1) is 5.87. The lowest BCUT2D eigenvalue weighted by Gasteiger charge is -2.00. The molecule has 1 unspecified atom stereocenters. The van der Waals surface area contributed by atoms with Crippen LogP contribution in [0.2, 0.25) is 0 Å². The molecule has 0 spiro atoms. The maximum absolute atomic E-state index is 2.32. The van der Waals surface area contributed by atoms with E-state index in [-0.39, 0.29) is 0 Å². The summed E-state index contributed by atoms with van der Waals surface area (Å²) >= 11 is 0. The van der Waals surface area contributed by atoms with Gasteiger partial charge in [0.25, 0.3) is 0 Å². The second kappa shape index (κ2) is 2.34. The number of rotatable bonds is 0. The number of allylic oxidation sites excluding steroid dienone is 2. The van der Waals surface area contributed by atoms with Crippen molar-refractivity contribution in [3.8, 4) is 0 Å². The van der Waals surface area contributed by atoms with Crippen LogP contribution in [-0.2, 0) is 0 Å². The van der Waals surface area contributed by atoms with E-state index in [1.807, 2.05) is 0 Å². The first-order chi connectivity index (χ1) is 3.84. The maximum atomic E-state index is 2.32. The van der Waals surface area contributed by atoms with Crippen molar-refractivity contribution in [1.29, 1.82) is 0 Å². The van der Waals surface area contributed by atoms with Gasteiger partial charge in [0.15, 0.2) is 0 Å². The molecule has 0 aromatic rings. The molecular weight excluding hydrogens is 96.1 g/mol. The first-order valence-corrected chi connectivity index (χ1v) is 3.49. The molecular formula is C8H14. The molecule has 0 N–H and O–H groups in total. The van der Waals surface area contributed by atoms with Crippen molar-refractivity contribution in [1.82, 2.24) is 0 Å². The summed E-state index contributed by atoms with van der Waals surface area (Å²) in [6.45, 7) is 4.47. The van der Waals surface area contributed by atoms with Crippen LogP contribution >= 0.6 is 0 Å². The van der Waals surface area contributed by atoms with Crippen LogP contribution in [0.1, 0.15) is 33.1 Å². The zero-order chi connectivity index (χ0) is 5.98. The molecule has 0 saturated heterocycles. The van der Waals surface area contributed by atoms with E-state index in [2.05, 4.69) is 19.9 Å². The van der Waals surface area contributed by atoms with Crippen molar-refractivity contribution in [2.24, 2.45) is 5.92 Å². The van der Waals surface area contributed by atoms with Crippen molar-refractivity contribution in [2.75, 3.05) is 0 Å². The Kier molecular flexibility index (Phi) is 1.72. The molecule has 0 heterocycles. The highest BCUT2D eigenvalue weighted by Gasteiger charge is 2.13. The third kappa shape index (κ3) is 0.936. The second-order valence-electron chi connectivity index (χ2n) is 2.66. The highest BCUT2D eigenvalue weighted by atomic mass is 14.2. The predicted molar refractivity (Wildman–Crippen MR) is 36.8 cm³/mol. The molecule has 1 saturated carbocycles. The summed E-state index contributed by atoms with van der Waals surface area (Å²) in [5.74, 6) is 0.889. The maximum Gasteiger partial charge on any atom is -0.0232 e. The fourth-order valence-electron chi connectivity index (χ4n) is 1.47. The van der Waals surface area contributed by atoms with E-state index in [4.69, 9.17) is 0 Å². The van der Waals surface area contributed by atoms with Gasteiger partial charge in [-0.2, -0.15) is 0 Å². The zero-order valence-electron chi connectivity index (χ0n) is 5.78. The van der Waals surface area contributed by atoms with Crippen LogP contribution in [0.5, 0.6) is 0 Å². The molecule has 46 valence electrons. The third-order valence-electron chi connectivity index (χ3n) is 2.11. The molecule has 0 aliphatic heterocycles. The first-order valence-electron chi connectivity index (χ1n) is 3.49. The van der Waals surface area contributed by atoms with E-state index in [1.165, 1.54) is 19.3 Å². The summed E-state index contributed by atoms with van der Waals surface area (Å²) in [5, 5.41) is 0. The second-order valence-corrected chi connectivity index (χ2v) is 2.66. The summed E-state index contributed by atoms with van der Waals surface area (Å²) in [7, 11) is 0. The zero-order valence-corrected chi connectivity index (χ0v) is 5.78. The fourth-order valence-corrected chi connectivity index (χ4v) is 1.47. The van der Waals surface area contributed by atoms with Gasteiger partial charge in [0.05, 0.1) is 0 Å². The molecule has 0 amide bonds. The third-order valence-corrected chi connectivity index (χ3v) is 2.11. The molecule has 1 rings (SSSR count). The van der Waals surface area contributed by atoms with Gasteiger partial charge in [-0.1, -0.05) is 18.6 Å². The molecule has 0 bridgehead atoms. The van der Waals surface area contributed by atoms with Crippen molar-refractivity contribution in [2.45, 2.75) is 33.1 Å². The quantitative estimate of drug-likeness (QED) is 0.420. The van der Waals surface area contributed by atoms with Gasteiger partial charge in [0.1, 0.15) is 0 Å². The van der Waals surface area contributed by atoms with Crippen LogP contribution in [0.4, 0.5) is 0 Å². The Bertz CT molecular complexity index is 101. The summed E-state index contributed by atoms with van der Waals surface area (Å²) in [4.78, 5) is 0. The lowest BCUT2D eigenvalue weighted by molar-refractivity contribution is 0.695. The number of hydrogen-bond donors (Lipinski definition) is 0. The molecule has 0 aromatic carbocycles. The van der Waals surface area contributed by atoms with E-state index in [0.717, 1.165) is 5.92 Å². The average Bonchev–Trinajstić information content (AvgIpc) is 2.14. The minimum atomic E-state index is 0.889. The van der Waals surface area contributed by atoms with Crippen molar-refractivity contribution in [3.63, 3.8) is 0 Å². The Morgan fingerprint density at radius 2 is 2.38 bits per heavy atom. The monoisotopic (exact) mass is 110 g/mol. The van der Waals surface area contributed by atoms with Gasteiger partial charge in [0, 0.05) is 0 Å². The summed E-state index contributed by atoms with van der Waals surface area (Å²) < 4.78 is 0. The standard InChI is InChI=1S/C8H14/c1-3-8-6-4-5-7(8)2/h3,7H,4-6H2,1-2H3/b8-3+. The molecule has 1 aliphatic rings. The fraction of sp³-hybridized carbons (Fsp3) is 0.750. The van der Waals surface area contributed by atoms with E-state index in [9.17, 15) is 0 Å². The molecule has 8 heavy (non-hydrogen) atoms. The van der Waals surface area contributed by atoms with Gasteiger partial charge in [-0.25, -0.2) is 0 Å². The lowest BCUT2D eigenvalue weighted by atomic mass is 10.1. The normalized spacial score (nSPS) is 34.2. The van der Waals surface area contributed by atoms with Gasteiger partial charge in [-0.15, -0.1) is 0 Å². The van der Waals surface area contributed by atoms with Gasteiger partial charge in [-0.05, 0) is 32.1 Å². The van der Waals surface area contributed by atoms with Crippen LogP contribution in [0.25, 0.3) is 0 Å². The molecule has 1 aliphatic carbocycles. The van der Waals surface area contributed by atoms with Crippen LogP contribution in [0.15, 0.2) is 11.6 Å². The molecule has 1 fully saturated rings. The van der Waals surface area contributed by atoms with Gasteiger partial charge in [0.2, 0.25) is 0 Å². The SMILES string of the molecule is C/C=C1\CCCC1C. The van der Waals surface area contributed by atoms with Crippen LogP contribution in [0.3, 0.4) is 0 Å². The molecule has 1 atom stereocenters. The summed E-state index contributed by atoms with van der Waals surface area (Å²) in [6.07, 6.45) is 6.47. The highest BCUT2D eigenvalue weighted by Crippen LogP contribution is 2.29. The van der Waals surface area contributed by atoms with Gasteiger partial charge >= 0.3 is 0 Å². The Balaban J connectivity index is 2.55. The van der Waals surface area contributed by atoms with Crippen LogP contribution in [-0.4, -0.2) is 0 Å². The van der Waals surface area contributed by atoms with E-state index in [0.29, 0.717) is 0 Å². The lowest BCUT2D eigenvalue weighted by Crippen LogP contribution is -1.85. The van der Waals surface area contributed by atoms with Crippen molar-refractivity contribution >= 4 is 0 Å². The molecule has 0 nitrogen and oxygen atoms in total. The van der Waals surface area contributed by atoms with Crippen LogP contribution in [0, 0.1) is 5.92 Å². The molecule has 0 heteroatoms. The summed E-state index contributed by atoms with van der Waals surface area (Å²) in [5.41, 5.74) is 1.67. The summed E-state index contributed by atoms with van der Waals surface area (Å²) in [6, 6.07) is 0. The Hall–Kier alpha value is -0.260. The van der Waals surface area contributed by atoms with Gasteiger partial charge in [-0.3, -0.25) is 0 Å². The van der Waals surface area contributed by atoms with Crippen LogP contribution < -0.4 is 0 Å². The smallest absolute Gasteiger partial charge is 0.0232 e. The van der Waals surface area contributed by atoms with E-state index >= 15 is 0 Å². The van der Waals surface area contributed by atoms with Crippen molar-refractivity contribution in [3.05, 3.63) is 11.6 Å². The minimum absolute atomic E-state index is 0.889. The molecule has 0 radical (unpaired) electrons. The van der Waals surface area contributed by atoms with E-state index in [1.54, 1.807) is 5.57 Å². The predicted octanol–water partition coefficient (Wildman–Crippen LogP) is 2.75. The average molecular weight is 110 g/mol. The van der Waals surface area contributed by atoms with Crippen molar-refractivity contribution < 1.29 is 0 Å². The topological polar surface area (TPSA) is 0 Å².